The molecule has 1 aromatic heterocycles. The highest BCUT2D eigenvalue weighted by Crippen LogP contribution is 2.17. The third kappa shape index (κ3) is 4.30. The number of carbonyl (C=O) groups excluding carboxylic acids is 2. The van der Waals surface area contributed by atoms with Crippen molar-refractivity contribution in [1.82, 2.24) is 10.2 Å². The summed E-state index contributed by atoms with van der Waals surface area (Å²) < 4.78 is 12.4. The molecule has 0 bridgehead atoms. The molecule has 0 saturated carbocycles. The molecule has 1 aliphatic heterocycles. The third-order valence-corrected chi connectivity index (χ3v) is 4.70. The van der Waals surface area contributed by atoms with Crippen LogP contribution in [0.5, 0.6) is 5.95 Å². The predicted octanol–water partition coefficient (Wildman–Crippen LogP) is -0.0665. The Morgan fingerprint density at radius 1 is 1.46 bits per heavy atom. The zero-order chi connectivity index (χ0) is 18.7. The van der Waals surface area contributed by atoms with Gasteiger partial charge in [0.25, 0.3) is 11.6 Å². The molecular formula is C16H17IN4O5. The van der Waals surface area contributed by atoms with Gasteiger partial charge in [-0.05, 0) is 46.9 Å². The summed E-state index contributed by atoms with van der Waals surface area (Å²) in [5.74, 6) is -1.24. The van der Waals surface area contributed by atoms with Crippen molar-refractivity contribution >= 4 is 40.1 Å². The fourth-order valence-electron chi connectivity index (χ4n) is 2.59. The van der Waals surface area contributed by atoms with Crippen molar-refractivity contribution in [3.05, 3.63) is 33.5 Å². The van der Waals surface area contributed by atoms with E-state index < -0.39 is 12.1 Å². The second-order valence-corrected chi connectivity index (χ2v) is 7.05. The molecule has 1 atom stereocenters. The molecule has 26 heavy (non-hydrogen) atoms. The van der Waals surface area contributed by atoms with E-state index in [1.807, 2.05) is 12.1 Å². The van der Waals surface area contributed by atoms with Gasteiger partial charge in [0.15, 0.2) is 13.0 Å². The van der Waals surface area contributed by atoms with Crippen LogP contribution in [0.3, 0.4) is 0 Å². The number of hydrogen-bond donors (Lipinski definition) is 1. The maximum absolute atomic E-state index is 12.6. The molecule has 0 aliphatic carbocycles. The van der Waals surface area contributed by atoms with Crippen molar-refractivity contribution in [2.75, 3.05) is 18.5 Å². The first-order valence-corrected chi connectivity index (χ1v) is 8.99. The smallest absolute Gasteiger partial charge is 0.252 e. The Hall–Kier alpha value is -2.21. The Balaban J connectivity index is 1.60. The highest BCUT2D eigenvalue weighted by molar-refractivity contribution is 14.1. The van der Waals surface area contributed by atoms with Crippen molar-refractivity contribution < 1.29 is 28.6 Å². The maximum atomic E-state index is 12.6. The average Bonchev–Trinajstić information content (AvgIpc) is 2.92. The summed E-state index contributed by atoms with van der Waals surface area (Å²) >= 11 is 2.17. The molecule has 0 radical (unpaired) electrons. The number of aryl methyl sites for hydroxylation is 1. The van der Waals surface area contributed by atoms with Gasteiger partial charge in [-0.25, -0.2) is 0 Å². The molecule has 0 spiro atoms. The van der Waals surface area contributed by atoms with Crippen molar-refractivity contribution in [2.24, 2.45) is 7.05 Å². The fraction of sp³-hybridized carbons (Fsp3) is 0.375. The van der Waals surface area contributed by atoms with Gasteiger partial charge in [-0.15, -0.1) is 0 Å². The van der Waals surface area contributed by atoms with Crippen molar-refractivity contribution in [1.29, 1.82) is 0 Å². The van der Waals surface area contributed by atoms with E-state index in [0.717, 1.165) is 3.57 Å². The minimum absolute atomic E-state index is 0.0657. The first-order chi connectivity index (χ1) is 12.4. The van der Waals surface area contributed by atoms with Gasteiger partial charge in [-0.1, -0.05) is 4.68 Å². The van der Waals surface area contributed by atoms with Crippen LogP contribution in [0.4, 0.5) is 5.69 Å². The number of nitrogens with one attached hydrogen (secondary N) is 1. The van der Waals surface area contributed by atoms with Crippen LogP contribution in [0.15, 0.2) is 28.8 Å². The van der Waals surface area contributed by atoms with Gasteiger partial charge in [0.1, 0.15) is 12.6 Å². The number of nitrogens with zero attached hydrogens (tertiary/aromatic N) is 3. The number of ether oxygens (including phenoxy) is 1. The summed E-state index contributed by atoms with van der Waals surface area (Å²) in [6, 6.07) is 7.33. The standard InChI is InChI=1S/C16H17IN4O5/c1-20-12(16(24)26-19-20)9-21-6-7-25-13(15(21)23)8-14(22)18-11-4-2-10(17)3-5-11/h2-5,13H,6-9H2,1H3,(H-,18,19,22,24). The van der Waals surface area contributed by atoms with Gasteiger partial charge in [-0.2, -0.15) is 0 Å². The minimum Gasteiger partial charge on any atom is -0.539 e. The highest BCUT2D eigenvalue weighted by atomic mass is 127. The minimum atomic E-state index is -0.882. The monoisotopic (exact) mass is 472 g/mol. The van der Waals surface area contributed by atoms with Crippen LogP contribution in [0.25, 0.3) is 0 Å². The lowest BCUT2D eigenvalue weighted by Crippen LogP contribution is -2.50. The number of carbonyl (C=O) groups is 2. The Kier molecular flexibility index (Phi) is 5.71. The van der Waals surface area contributed by atoms with Crippen LogP contribution in [0, 0.1) is 3.57 Å². The van der Waals surface area contributed by atoms with E-state index in [2.05, 4.69) is 37.7 Å². The van der Waals surface area contributed by atoms with E-state index in [4.69, 9.17) is 4.74 Å². The zero-order valence-corrected chi connectivity index (χ0v) is 16.1. The number of rotatable bonds is 5. The Morgan fingerprint density at radius 3 is 2.85 bits per heavy atom. The summed E-state index contributed by atoms with van der Waals surface area (Å²) in [4.78, 5) is 26.2. The Bertz CT molecular complexity index is 788. The first kappa shape index (κ1) is 18.6. The van der Waals surface area contributed by atoms with Gasteiger partial charge in [0.2, 0.25) is 5.91 Å². The number of anilines is 1. The quantitative estimate of drug-likeness (QED) is 0.482. The first-order valence-electron chi connectivity index (χ1n) is 7.91. The second kappa shape index (κ2) is 7.99. The van der Waals surface area contributed by atoms with Gasteiger partial charge in [0.05, 0.1) is 18.3 Å². The summed E-state index contributed by atoms with van der Waals surface area (Å²) in [7, 11) is 1.57. The number of aromatic nitrogens is 2. The summed E-state index contributed by atoms with van der Waals surface area (Å²) in [5, 5.41) is 17.9. The molecule has 2 amide bonds. The molecule has 1 N–H and O–H groups in total. The van der Waals surface area contributed by atoms with E-state index >= 15 is 0 Å². The lowest BCUT2D eigenvalue weighted by atomic mass is 10.1. The van der Waals surface area contributed by atoms with Gasteiger partial charge in [0, 0.05) is 15.8 Å². The lowest BCUT2D eigenvalue weighted by molar-refractivity contribution is -0.746. The number of amides is 2. The molecule has 3 rings (SSSR count). The van der Waals surface area contributed by atoms with Gasteiger partial charge < -0.3 is 24.6 Å². The number of hydrogen-bond acceptors (Lipinski definition) is 6. The molecule has 1 fully saturated rings. The molecule has 1 unspecified atom stereocenters. The number of morpholine rings is 1. The van der Waals surface area contributed by atoms with Gasteiger partial charge >= 0.3 is 0 Å². The normalized spacial score (nSPS) is 17.4. The van der Waals surface area contributed by atoms with Crippen LogP contribution >= 0.6 is 22.6 Å². The second-order valence-electron chi connectivity index (χ2n) is 5.81. The average molecular weight is 472 g/mol. The van der Waals surface area contributed by atoms with Gasteiger partial charge in [-0.3, -0.25) is 9.59 Å². The topological polar surface area (TPSA) is 112 Å². The number of halogens is 1. The van der Waals surface area contributed by atoms with Crippen LogP contribution in [0.1, 0.15) is 12.1 Å². The molecular weight excluding hydrogens is 455 g/mol. The van der Waals surface area contributed by atoms with E-state index in [1.165, 1.54) is 9.58 Å². The molecule has 9 nitrogen and oxygen atoms in total. The van der Waals surface area contributed by atoms with E-state index in [-0.39, 0.29) is 37.1 Å². The molecule has 2 heterocycles. The SMILES string of the molecule is C[n+]1noc([O-])c1CN1CCOC(CC(=O)Nc2ccc(I)cc2)C1=O. The molecule has 2 aromatic rings. The van der Waals surface area contributed by atoms with Crippen LogP contribution < -0.4 is 15.1 Å². The van der Waals surface area contributed by atoms with Crippen molar-refractivity contribution in [3.8, 4) is 5.95 Å². The Labute approximate surface area is 163 Å². The largest absolute Gasteiger partial charge is 0.539 e. The summed E-state index contributed by atoms with van der Waals surface area (Å²) in [5.41, 5.74) is 0.922. The number of benzene rings is 1. The van der Waals surface area contributed by atoms with E-state index in [9.17, 15) is 14.7 Å². The van der Waals surface area contributed by atoms with E-state index in [1.54, 1.807) is 19.2 Å². The van der Waals surface area contributed by atoms with Crippen molar-refractivity contribution in [3.63, 3.8) is 0 Å². The zero-order valence-electron chi connectivity index (χ0n) is 14.0. The molecule has 1 saturated heterocycles. The fourth-order valence-corrected chi connectivity index (χ4v) is 2.95. The molecule has 1 aliphatic rings. The molecule has 10 heteroatoms. The summed E-state index contributed by atoms with van der Waals surface area (Å²) in [6.45, 7) is 0.686. The maximum Gasteiger partial charge on any atom is 0.252 e. The highest BCUT2D eigenvalue weighted by Gasteiger charge is 2.33. The summed E-state index contributed by atoms with van der Waals surface area (Å²) in [6.07, 6.45) is -0.978. The van der Waals surface area contributed by atoms with Crippen molar-refractivity contribution in [2.45, 2.75) is 19.1 Å². The third-order valence-electron chi connectivity index (χ3n) is 3.98. The Morgan fingerprint density at radius 2 is 2.19 bits per heavy atom. The molecule has 1 aromatic carbocycles. The van der Waals surface area contributed by atoms with Crippen LogP contribution in [-0.2, 0) is 27.9 Å². The molecule has 138 valence electrons. The van der Waals surface area contributed by atoms with Crippen LogP contribution in [0.2, 0.25) is 0 Å². The lowest BCUT2D eigenvalue weighted by Gasteiger charge is -2.31. The van der Waals surface area contributed by atoms with E-state index in [0.29, 0.717) is 12.2 Å². The van der Waals surface area contributed by atoms with Crippen LogP contribution in [-0.4, -0.2) is 41.2 Å². The predicted molar refractivity (Wildman–Crippen MR) is 94.7 cm³/mol.